The fraction of sp³-hybridized carbons (Fsp3) is 0.667. The van der Waals surface area contributed by atoms with Crippen LogP contribution in [-0.4, -0.2) is 34.1 Å². The van der Waals surface area contributed by atoms with Gasteiger partial charge in [0.15, 0.2) is 4.34 Å². The minimum Gasteiger partial charge on any atom is -0.468 e. The van der Waals surface area contributed by atoms with Crippen molar-refractivity contribution in [3.8, 4) is 0 Å². The Morgan fingerprint density at radius 2 is 2.50 bits per heavy atom. The molecule has 0 aliphatic heterocycles. The maximum absolute atomic E-state index is 11.4. The summed E-state index contributed by atoms with van der Waals surface area (Å²) in [6, 6.07) is 0. The molecule has 1 aromatic rings. The van der Waals surface area contributed by atoms with Gasteiger partial charge in [-0.3, -0.25) is 4.79 Å². The summed E-state index contributed by atoms with van der Waals surface area (Å²) in [4.78, 5) is 11.4. The molecule has 0 amide bonds. The molecular formula is C9H15N3O2S2. The van der Waals surface area contributed by atoms with Crippen LogP contribution in [0.1, 0.15) is 20.3 Å². The van der Waals surface area contributed by atoms with Crippen molar-refractivity contribution in [2.75, 3.05) is 7.11 Å². The lowest BCUT2D eigenvalue weighted by Gasteiger charge is -2.24. The minimum absolute atomic E-state index is 0.182. The van der Waals surface area contributed by atoms with Crippen LogP contribution in [0.3, 0.4) is 0 Å². The first-order chi connectivity index (χ1) is 7.45. The topological polar surface area (TPSA) is 78.1 Å². The number of carbonyl (C=O) groups is 1. The predicted octanol–water partition coefficient (Wildman–Crippen LogP) is 1.30. The van der Waals surface area contributed by atoms with Crippen molar-refractivity contribution in [3.63, 3.8) is 0 Å². The molecule has 0 spiro atoms. The summed E-state index contributed by atoms with van der Waals surface area (Å²) >= 11 is 3.04. The van der Waals surface area contributed by atoms with Gasteiger partial charge in [0.25, 0.3) is 0 Å². The Labute approximate surface area is 103 Å². The third-order valence-corrected chi connectivity index (χ3v) is 3.92. The molecule has 2 unspecified atom stereocenters. The summed E-state index contributed by atoms with van der Waals surface area (Å²) in [5.41, 5.74) is 6.61. The Kier molecular flexibility index (Phi) is 4.69. The normalized spacial score (nSPS) is 16.5. The number of hydrogen-bond donors (Lipinski definition) is 1. The summed E-state index contributed by atoms with van der Waals surface area (Å²) < 4.78 is 5.54. The zero-order valence-electron chi connectivity index (χ0n) is 9.47. The zero-order chi connectivity index (χ0) is 12.2. The molecule has 0 radical (unpaired) electrons. The lowest BCUT2D eigenvalue weighted by molar-refractivity contribution is -0.146. The molecule has 90 valence electrons. The third-order valence-electron chi connectivity index (χ3n) is 2.01. The quantitative estimate of drug-likeness (QED) is 0.636. The molecule has 0 aliphatic rings. The van der Waals surface area contributed by atoms with Crippen LogP contribution >= 0.6 is 23.1 Å². The Bertz CT molecular complexity index is 341. The fourth-order valence-corrected chi connectivity index (χ4v) is 3.33. The molecule has 7 heteroatoms. The van der Waals surface area contributed by atoms with E-state index in [1.807, 2.05) is 6.92 Å². The van der Waals surface area contributed by atoms with Gasteiger partial charge in [-0.25, -0.2) is 0 Å². The third kappa shape index (κ3) is 3.73. The number of ether oxygens (including phenoxy) is 1. The molecule has 0 aromatic carbocycles. The second-order valence-corrected chi connectivity index (χ2v) is 6.27. The van der Waals surface area contributed by atoms with E-state index in [1.54, 1.807) is 24.2 Å². The van der Waals surface area contributed by atoms with Gasteiger partial charge in [0.05, 0.1) is 7.11 Å². The van der Waals surface area contributed by atoms with Crippen LogP contribution in [0.2, 0.25) is 0 Å². The molecule has 0 bridgehead atoms. The van der Waals surface area contributed by atoms with E-state index in [9.17, 15) is 4.79 Å². The highest BCUT2D eigenvalue weighted by atomic mass is 32.2. The second kappa shape index (κ2) is 5.60. The largest absolute Gasteiger partial charge is 0.468 e. The zero-order valence-corrected chi connectivity index (χ0v) is 11.1. The predicted molar refractivity (Wildman–Crippen MR) is 64.5 cm³/mol. The number of esters is 1. The Hall–Kier alpha value is -0.660. The number of hydrogen-bond acceptors (Lipinski definition) is 7. The summed E-state index contributed by atoms with van der Waals surface area (Å²) in [6.45, 7) is 3.68. The van der Waals surface area contributed by atoms with Gasteiger partial charge in [0.2, 0.25) is 0 Å². The Morgan fingerprint density at radius 1 is 1.81 bits per heavy atom. The van der Waals surface area contributed by atoms with Gasteiger partial charge in [0, 0.05) is 5.25 Å². The van der Waals surface area contributed by atoms with Gasteiger partial charge >= 0.3 is 5.97 Å². The monoisotopic (exact) mass is 261 g/mol. The highest BCUT2D eigenvalue weighted by molar-refractivity contribution is 8.01. The van der Waals surface area contributed by atoms with E-state index in [0.717, 1.165) is 4.34 Å². The van der Waals surface area contributed by atoms with Gasteiger partial charge in [-0.1, -0.05) is 30.0 Å². The molecular weight excluding hydrogens is 246 g/mol. The van der Waals surface area contributed by atoms with Crippen LogP contribution in [0.25, 0.3) is 0 Å². The van der Waals surface area contributed by atoms with Crippen LogP contribution in [-0.2, 0) is 9.53 Å². The molecule has 0 saturated carbocycles. The van der Waals surface area contributed by atoms with Crippen molar-refractivity contribution in [1.82, 2.24) is 10.2 Å². The van der Waals surface area contributed by atoms with E-state index in [2.05, 4.69) is 14.9 Å². The minimum atomic E-state index is -0.953. The van der Waals surface area contributed by atoms with Gasteiger partial charge < -0.3 is 10.5 Å². The molecule has 1 aromatic heterocycles. The molecule has 1 heterocycles. The van der Waals surface area contributed by atoms with Crippen molar-refractivity contribution >= 4 is 29.1 Å². The molecule has 2 N–H and O–H groups in total. The Balaban J connectivity index is 2.50. The van der Waals surface area contributed by atoms with Crippen molar-refractivity contribution in [1.29, 1.82) is 0 Å². The van der Waals surface area contributed by atoms with Gasteiger partial charge in [0.1, 0.15) is 11.0 Å². The van der Waals surface area contributed by atoms with Crippen LogP contribution in [0.5, 0.6) is 0 Å². The average molecular weight is 261 g/mol. The maximum atomic E-state index is 11.4. The van der Waals surface area contributed by atoms with E-state index in [1.165, 1.54) is 18.4 Å². The number of carbonyl (C=O) groups excluding carboxylic acids is 1. The van der Waals surface area contributed by atoms with E-state index in [0.29, 0.717) is 6.42 Å². The standard InChI is InChI=1S/C9H15N3O2S2/c1-6(16-8-12-11-5-15-8)4-9(2,10)7(13)14-3/h5-6H,4,10H2,1-3H3. The smallest absolute Gasteiger partial charge is 0.325 e. The fourth-order valence-electron chi connectivity index (χ4n) is 1.34. The SMILES string of the molecule is COC(=O)C(C)(N)CC(C)Sc1nncs1. The van der Waals surface area contributed by atoms with Gasteiger partial charge in [-0.15, -0.1) is 10.2 Å². The highest BCUT2D eigenvalue weighted by Crippen LogP contribution is 2.28. The molecule has 5 nitrogen and oxygen atoms in total. The van der Waals surface area contributed by atoms with Crippen LogP contribution in [0, 0.1) is 0 Å². The molecule has 2 atom stereocenters. The number of methoxy groups -OCH3 is 1. The summed E-state index contributed by atoms with van der Waals surface area (Å²) in [7, 11) is 1.34. The summed E-state index contributed by atoms with van der Waals surface area (Å²) in [5.74, 6) is -0.391. The van der Waals surface area contributed by atoms with E-state index in [-0.39, 0.29) is 5.25 Å². The van der Waals surface area contributed by atoms with Crippen molar-refractivity contribution in [2.24, 2.45) is 5.73 Å². The lowest BCUT2D eigenvalue weighted by atomic mass is 9.98. The number of nitrogens with two attached hydrogens (primary N) is 1. The summed E-state index contributed by atoms with van der Waals surface area (Å²) in [6.07, 6.45) is 0.532. The maximum Gasteiger partial charge on any atom is 0.325 e. The van der Waals surface area contributed by atoms with Crippen LogP contribution in [0.15, 0.2) is 9.85 Å². The number of nitrogens with zero attached hydrogens (tertiary/aromatic N) is 2. The van der Waals surface area contributed by atoms with E-state index in [4.69, 9.17) is 5.73 Å². The first kappa shape index (κ1) is 13.4. The molecule has 1 rings (SSSR count). The van der Waals surface area contributed by atoms with Crippen LogP contribution in [0.4, 0.5) is 0 Å². The number of thioether (sulfide) groups is 1. The first-order valence-electron chi connectivity index (χ1n) is 4.76. The molecule has 0 saturated heterocycles. The van der Waals surface area contributed by atoms with Crippen molar-refractivity contribution in [2.45, 2.75) is 35.4 Å². The lowest BCUT2D eigenvalue weighted by Crippen LogP contribution is -2.47. The number of rotatable bonds is 5. The van der Waals surface area contributed by atoms with Gasteiger partial charge in [-0.05, 0) is 13.3 Å². The summed E-state index contributed by atoms with van der Waals surface area (Å²) in [5, 5.41) is 7.86. The van der Waals surface area contributed by atoms with E-state index < -0.39 is 11.5 Å². The molecule has 16 heavy (non-hydrogen) atoms. The first-order valence-corrected chi connectivity index (χ1v) is 6.52. The Morgan fingerprint density at radius 3 is 3.00 bits per heavy atom. The van der Waals surface area contributed by atoms with Gasteiger partial charge in [-0.2, -0.15) is 0 Å². The molecule has 0 fully saturated rings. The molecule has 0 aliphatic carbocycles. The second-order valence-electron chi connectivity index (χ2n) is 3.75. The number of aromatic nitrogens is 2. The van der Waals surface area contributed by atoms with Crippen molar-refractivity contribution in [3.05, 3.63) is 5.51 Å². The highest BCUT2D eigenvalue weighted by Gasteiger charge is 2.31. The van der Waals surface area contributed by atoms with Crippen molar-refractivity contribution < 1.29 is 9.53 Å². The average Bonchev–Trinajstić information content (AvgIpc) is 2.67. The van der Waals surface area contributed by atoms with Crippen LogP contribution < -0.4 is 5.73 Å². The van der Waals surface area contributed by atoms with E-state index >= 15 is 0 Å².